The first-order valence-electron chi connectivity index (χ1n) is 8.22. The molecule has 3 heterocycles. The van der Waals surface area contributed by atoms with E-state index in [0.717, 1.165) is 24.1 Å². The van der Waals surface area contributed by atoms with Crippen molar-refractivity contribution in [1.82, 2.24) is 9.97 Å². The minimum atomic E-state index is -0.551. The molecule has 132 valence electrons. The Morgan fingerprint density at radius 3 is 2.69 bits per heavy atom. The molecule has 0 spiro atoms. The van der Waals surface area contributed by atoms with Crippen LogP contribution in [0.3, 0.4) is 0 Å². The van der Waals surface area contributed by atoms with Crippen molar-refractivity contribution in [3.05, 3.63) is 69.4 Å². The first-order valence-corrected chi connectivity index (χ1v) is 8.22. The van der Waals surface area contributed by atoms with Crippen LogP contribution in [0.2, 0.25) is 0 Å². The second kappa shape index (κ2) is 7.74. The van der Waals surface area contributed by atoms with Crippen LogP contribution in [-0.2, 0) is 0 Å². The second-order valence-corrected chi connectivity index (χ2v) is 5.96. The molecular weight excluding hydrogens is 335 g/mol. The van der Waals surface area contributed by atoms with E-state index in [1.165, 1.54) is 12.1 Å². The third kappa shape index (κ3) is 4.22. The summed E-state index contributed by atoms with van der Waals surface area (Å²) in [6.45, 7) is 3.10. The zero-order valence-corrected chi connectivity index (χ0v) is 14.3. The van der Waals surface area contributed by atoms with E-state index >= 15 is 0 Å². The Labute approximate surface area is 150 Å². The highest BCUT2D eigenvalue weighted by Crippen LogP contribution is 2.29. The van der Waals surface area contributed by atoms with E-state index in [4.69, 9.17) is 0 Å². The summed E-state index contributed by atoms with van der Waals surface area (Å²) < 4.78 is 13.0. The van der Waals surface area contributed by atoms with Crippen molar-refractivity contribution >= 4 is 11.5 Å². The third-order valence-electron chi connectivity index (χ3n) is 4.09. The molecule has 6 nitrogen and oxygen atoms in total. The molecule has 1 saturated heterocycles. The molecule has 1 aliphatic rings. The number of anilines is 1. The summed E-state index contributed by atoms with van der Waals surface area (Å²) in [5.74, 6) is 5.59. The lowest BCUT2D eigenvalue weighted by atomic mass is 10.0. The molecule has 0 atom stereocenters. The molecule has 2 aromatic heterocycles. The molecule has 7 heteroatoms. The van der Waals surface area contributed by atoms with E-state index in [9.17, 15) is 14.5 Å². The average Bonchev–Trinajstić information content (AvgIpc) is 2.62. The number of hydrogen-bond acceptors (Lipinski definition) is 5. The molecule has 26 heavy (non-hydrogen) atoms. The van der Waals surface area contributed by atoms with Gasteiger partial charge in [0.1, 0.15) is 5.69 Å². The Hall–Kier alpha value is -3.27. The van der Waals surface area contributed by atoms with Gasteiger partial charge < -0.3 is 4.90 Å². The normalized spacial score (nSPS) is 13.8. The van der Waals surface area contributed by atoms with Crippen LogP contribution in [0.1, 0.15) is 24.2 Å². The average molecular weight is 352 g/mol. The van der Waals surface area contributed by atoms with Gasteiger partial charge in [0.05, 0.1) is 4.92 Å². The molecule has 1 aliphatic heterocycles. The summed E-state index contributed by atoms with van der Waals surface area (Å²) >= 11 is 0. The van der Waals surface area contributed by atoms with E-state index in [2.05, 4.69) is 21.8 Å². The van der Waals surface area contributed by atoms with Crippen molar-refractivity contribution in [3.8, 4) is 11.8 Å². The van der Waals surface area contributed by atoms with E-state index in [0.29, 0.717) is 24.6 Å². The van der Waals surface area contributed by atoms with Gasteiger partial charge in [0, 0.05) is 24.8 Å². The van der Waals surface area contributed by atoms with Gasteiger partial charge in [-0.05, 0) is 50.0 Å². The Morgan fingerprint density at radius 2 is 2.00 bits per heavy atom. The lowest BCUT2D eigenvalue weighted by Crippen LogP contribution is -2.32. The van der Waals surface area contributed by atoms with E-state index in [1.807, 2.05) is 17.9 Å². The Bertz CT molecular complexity index is 921. The standard InChI is InChI=1S/C19H17FN4O2/c1-14-8-9-17(24(25)26)19(21-14)23-12-10-15(11-13-23)4-2-5-16-6-3-7-18(20)22-16/h3-4,6-9H,10-13H2,1H3. The van der Waals surface area contributed by atoms with Gasteiger partial charge in [0.25, 0.3) is 0 Å². The van der Waals surface area contributed by atoms with Crippen LogP contribution in [0.25, 0.3) is 0 Å². The lowest BCUT2D eigenvalue weighted by molar-refractivity contribution is -0.384. The molecule has 0 unspecified atom stereocenters. The number of nitro groups is 1. The Balaban J connectivity index is 1.68. The molecule has 0 amide bonds. The van der Waals surface area contributed by atoms with Gasteiger partial charge in [-0.25, -0.2) is 9.97 Å². The first-order chi connectivity index (χ1) is 12.5. The van der Waals surface area contributed by atoms with Crippen molar-refractivity contribution in [1.29, 1.82) is 0 Å². The van der Waals surface area contributed by atoms with Crippen LogP contribution in [-0.4, -0.2) is 28.0 Å². The number of hydrogen-bond donors (Lipinski definition) is 0. The number of halogens is 1. The van der Waals surface area contributed by atoms with Crippen LogP contribution in [0.4, 0.5) is 15.9 Å². The topological polar surface area (TPSA) is 72.2 Å². The molecule has 2 aromatic rings. The van der Waals surface area contributed by atoms with E-state index < -0.39 is 10.9 Å². The van der Waals surface area contributed by atoms with Gasteiger partial charge >= 0.3 is 5.69 Å². The zero-order valence-electron chi connectivity index (χ0n) is 14.3. The number of piperidine rings is 1. The number of aryl methyl sites for hydroxylation is 1. The highest BCUT2D eigenvalue weighted by Gasteiger charge is 2.23. The number of nitrogens with zero attached hydrogens (tertiary/aromatic N) is 4. The molecule has 0 aliphatic carbocycles. The van der Waals surface area contributed by atoms with Crippen molar-refractivity contribution in [2.45, 2.75) is 19.8 Å². The summed E-state index contributed by atoms with van der Waals surface area (Å²) in [7, 11) is 0. The number of pyridine rings is 2. The fraction of sp³-hybridized carbons (Fsp3) is 0.263. The van der Waals surface area contributed by atoms with Crippen LogP contribution >= 0.6 is 0 Å². The van der Waals surface area contributed by atoms with E-state index in [-0.39, 0.29) is 5.69 Å². The smallest absolute Gasteiger partial charge is 0.311 e. The molecule has 0 N–H and O–H groups in total. The van der Waals surface area contributed by atoms with Crippen molar-refractivity contribution in [3.63, 3.8) is 0 Å². The summed E-state index contributed by atoms with van der Waals surface area (Å²) in [6, 6.07) is 7.64. The first kappa shape index (κ1) is 17.5. The molecule has 1 fully saturated rings. The van der Waals surface area contributed by atoms with Crippen molar-refractivity contribution in [2.75, 3.05) is 18.0 Å². The molecular formula is C19H17FN4O2. The lowest BCUT2D eigenvalue weighted by Gasteiger charge is -2.28. The SMILES string of the molecule is Cc1ccc([N+](=O)[O-])c(N2CCC(=CC#Cc3cccc(F)n3)CC2)n1. The van der Waals surface area contributed by atoms with Gasteiger partial charge in [0.15, 0.2) is 0 Å². The minimum absolute atomic E-state index is 0.0278. The maximum Gasteiger partial charge on any atom is 0.311 e. The van der Waals surface area contributed by atoms with Crippen molar-refractivity contribution < 1.29 is 9.31 Å². The van der Waals surface area contributed by atoms with E-state index in [1.54, 1.807) is 18.2 Å². The van der Waals surface area contributed by atoms with Gasteiger partial charge in [-0.15, -0.1) is 0 Å². The predicted molar refractivity (Wildman–Crippen MR) is 96.2 cm³/mol. The number of aromatic nitrogens is 2. The summed E-state index contributed by atoms with van der Waals surface area (Å²) in [4.78, 5) is 20.8. The highest BCUT2D eigenvalue weighted by atomic mass is 19.1. The predicted octanol–water partition coefficient (Wildman–Crippen LogP) is 3.41. The molecule has 3 rings (SSSR count). The largest absolute Gasteiger partial charge is 0.350 e. The Kier molecular flexibility index (Phi) is 5.23. The van der Waals surface area contributed by atoms with Crippen LogP contribution in [0.5, 0.6) is 0 Å². The van der Waals surface area contributed by atoms with Crippen LogP contribution < -0.4 is 4.90 Å². The summed E-state index contributed by atoms with van der Waals surface area (Å²) in [5.41, 5.74) is 2.32. The maximum absolute atomic E-state index is 13.0. The van der Waals surface area contributed by atoms with Gasteiger partial charge in [-0.3, -0.25) is 10.1 Å². The van der Waals surface area contributed by atoms with Crippen LogP contribution in [0.15, 0.2) is 42.0 Å². The fourth-order valence-corrected chi connectivity index (χ4v) is 2.75. The van der Waals surface area contributed by atoms with Crippen LogP contribution in [0, 0.1) is 34.8 Å². The van der Waals surface area contributed by atoms with Gasteiger partial charge in [-0.2, -0.15) is 4.39 Å². The third-order valence-corrected chi connectivity index (χ3v) is 4.09. The molecule has 0 aromatic carbocycles. The number of allylic oxidation sites excluding steroid dienone is 1. The quantitative estimate of drug-likeness (QED) is 0.358. The molecule has 0 bridgehead atoms. The maximum atomic E-state index is 13.0. The van der Waals surface area contributed by atoms with Gasteiger partial charge in [0.2, 0.25) is 11.8 Å². The van der Waals surface area contributed by atoms with Gasteiger partial charge in [-0.1, -0.05) is 17.6 Å². The summed E-state index contributed by atoms with van der Waals surface area (Å²) in [5, 5.41) is 11.2. The zero-order chi connectivity index (χ0) is 18.5. The summed E-state index contributed by atoms with van der Waals surface area (Å²) in [6.07, 6.45) is 3.32. The fourth-order valence-electron chi connectivity index (χ4n) is 2.75. The van der Waals surface area contributed by atoms with Crippen molar-refractivity contribution in [2.24, 2.45) is 0 Å². The minimum Gasteiger partial charge on any atom is -0.350 e. The molecule has 0 saturated carbocycles. The molecule has 0 radical (unpaired) electrons. The monoisotopic (exact) mass is 352 g/mol. The second-order valence-electron chi connectivity index (χ2n) is 5.96. The Morgan fingerprint density at radius 1 is 1.23 bits per heavy atom. The number of rotatable bonds is 2. The highest BCUT2D eigenvalue weighted by molar-refractivity contribution is 5.58.